The SMILES string of the molecule is NCc1ccc(OC(=O)N2CCN(C(=O)[C@@H](CC3CCCCC3)NC3CCCCC3)[C@H](C(=O)NCc3cccs3)C2)c2ccccc12. The number of nitrogens with zero attached hydrogens (tertiary/aromatic N) is 2. The van der Waals surface area contributed by atoms with E-state index in [-0.39, 0.29) is 37.5 Å². The lowest BCUT2D eigenvalue weighted by Crippen LogP contribution is -2.64. The van der Waals surface area contributed by atoms with Crippen LogP contribution in [0, 0.1) is 5.92 Å². The Hall–Kier alpha value is -3.47. The number of nitrogens with two attached hydrogens (primary N) is 1. The summed E-state index contributed by atoms with van der Waals surface area (Å²) in [7, 11) is 0. The molecule has 252 valence electrons. The summed E-state index contributed by atoms with van der Waals surface area (Å²) in [6, 6.07) is 14.5. The molecule has 2 atom stereocenters. The zero-order valence-corrected chi connectivity index (χ0v) is 28.1. The average Bonchev–Trinajstić information content (AvgIpc) is 3.65. The molecule has 2 heterocycles. The summed E-state index contributed by atoms with van der Waals surface area (Å²) in [5.74, 6) is 0.686. The second-order valence-electron chi connectivity index (χ2n) is 13.4. The van der Waals surface area contributed by atoms with E-state index >= 15 is 0 Å². The molecule has 0 radical (unpaired) electrons. The van der Waals surface area contributed by atoms with E-state index < -0.39 is 12.1 Å². The van der Waals surface area contributed by atoms with Crippen LogP contribution in [0.5, 0.6) is 5.75 Å². The quantitative estimate of drug-likeness (QED) is 0.248. The molecule has 0 spiro atoms. The number of carbonyl (C=O) groups excluding carboxylic acids is 3. The van der Waals surface area contributed by atoms with Crippen LogP contribution in [0.4, 0.5) is 4.79 Å². The van der Waals surface area contributed by atoms with E-state index in [2.05, 4.69) is 10.6 Å². The Morgan fingerprint density at radius 1 is 0.894 bits per heavy atom. The molecule has 6 rings (SSSR count). The number of hydrogen-bond acceptors (Lipinski definition) is 7. The topological polar surface area (TPSA) is 117 Å². The predicted molar refractivity (Wildman–Crippen MR) is 186 cm³/mol. The Labute approximate surface area is 282 Å². The highest BCUT2D eigenvalue weighted by atomic mass is 32.1. The van der Waals surface area contributed by atoms with Crippen molar-refractivity contribution in [2.45, 2.75) is 102 Å². The Morgan fingerprint density at radius 3 is 2.36 bits per heavy atom. The summed E-state index contributed by atoms with van der Waals surface area (Å²) in [4.78, 5) is 46.4. The van der Waals surface area contributed by atoms with Crippen LogP contribution >= 0.6 is 11.3 Å². The number of rotatable bonds is 10. The summed E-state index contributed by atoms with van der Waals surface area (Å²) in [5, 5.41) is 10.6. The molecular weight excluding hydrogens is 611 g/mol. The largest absolute Gasteiger partial charge is 0.415 e. The van der Waals surface area contributed by atoms with E-state index in [0.29, 0.717) is 30.8 Å². The highest BCUT2D eigenvalue weighted by Gasteiger charge is 2.41. The number of hydrogen-bond donors (Lipinski definition) is 3. The van der Waals surface area contributed by atoms with E-state index in [1.807, 2.05) is 47.8 Å². The van der Waals surface area contributed by atoms with Crippen molar-refractivity contribution in [3.8, 4) is 5.75 Å². The maximum Gasteiger partial charge on any atom is 0.415 e. The predicted octanol–water partition coefficient (Wildman–Crippen LogP) is 5.95. The molecule has 1 aromatic heterocycles. The lowest BCUT2D eigenvalue weighted by molar-refractivity contribution is -0.145. The lowest BCUT2D eigenvalue weighted by atomic mass is 9.83. The number of fused-ring (bicyclic) bond motifs is 1. The van der Waals surface area contributed by atoms with E-state index in [1.54, 1.807) is 27.2 Å². The van der Waals surface area contributed by atoms with Gasteiger partial charge < -0.3 is 30.9 Å². The van der Waals surface area contributed by atoms with Gasteiger partial charge in [-0.1, -0.05) is 87.8 Å². The Balaban J connectivity index is 1.21. The molecule has 1 saturated heterocycles. The van der Waals surface area contributed by atoms with Gasteiger partial charge in [0.2, 0.25) is 11.8 Å². The van der Waals surface area contributed by atoms with Gasteiger partial charge >= 0.3 is 6.09 Å². The van der Waals surface area contributed by atoms with Crippen molar-refractivity contribution >= 4 is 40.0 Å². The van der Waals surface area contributed by atoms with Crippen LogP contribution in [0.25, 0.3) is 10.8 Å². The molecule has 2 saturated carbocycles. The van der Waals surface area contributed by atoms with Crippen molar-refractivity contribution < 1.29 is 19.1 Å². The molecule has 9 nitrogen and oxygen atoms in total. The fourth-order valence-corrected chi connectivity index (χ4v) is 8.30. The zero-order chi connectivity index (χ0) is 32.6. The van der Waals surface area contributed by atoms with Crippen molar-refractivity contribution in [2.75, 3.05) is 19.6 Å². The monoisotopic (exact) mass is 659 g/mol. The second-order valence-corrected chi connectivity index (χ2v) is 14.5. The number of benzene rings is 2. The van der Waals surface area contributed by atoms with Gasteiger partial charge in [0.05, 0.1) is 19.1 Å². The second kappa shape index (κ2) is 16.1. The number of ether oxygens (including phenoxy) is 1. The van der Waals surface area contributed by atoms with Crippen molar-refractivity contribution in [2.24, 2.45) is 11.7 Å². The van der Waals surface area contributed by atoms with Crippen molar-refractivity contribution in [1.29, 1.82) is 0 Å². The number of thiophene rings is 1. The van der Waals surface area contributed by atoms with Crippen LogP contribution in [0.3, 0.4) is 0 Å². The maximum absolute atomic E-state index is 14.5. The van der Waals surface area contributed by atoms with Crippen molar-refractivity contribution in [1.82, 2.24) is 20.4 Å². The van der Waals surface area contributed by atoms with E-state index in [4.69, 9.17) is 10.5 Å². The van der Waals surface area contributed by atoms with Crippen LogP contribution in [0.2, 0.25) is 0 Å². The van der Waals surface area contributed by atoms with Crippen LogP contribution in [-0.2, 0) is 22.7 Å². The highest BCUT2D eigenvalue weighted by Crippen LogP contribution is 2.31. The molecule has 0 bridgehead atoms. The number of piperazine rings is 1. The van der Waals surface area contributed by atoms with Crippen molar-refractivity contribution in [3.05, 3.63) is 64.4 Å². The lowest BCUT2D eigenvalue weighted by Gasteiger charge is -2.42. The van der Waals surface area contributed by atoms with Gasteiger partial charge in [0.25, 0.3) is 0 Å². The molecule has 1 aliphatic heterocycles. The smallest absolute Gasteiger partial charge is 0.410 e. The van der Waals surface area contributed by atoms with Crippen LogP contribution in [-0.4, -0.2) is 65.5 Å². The maximum atomic E-state index is 14.5. The summed E-state index contributed by atoms with van der Waals surface area (Å²) in [6.45, 7) is 1.39. The summed E-state index contributed by atoms with van der Waals surface area (Å²) < 4.78 is 5.96. The molecular formula is C37H49N5O4S. The Kier molecular flexibility index (Phi) is 11.4. The Morgan fingerprint density at radius 2 is 1.64 bits per heavy atom. The van der Waals surface area contributed by atoms with E-state index in [1.165, 1.54) is 38.5 Å². The summed E-state index contributed by atoms with van der Waals surface area (Å²) >= 11 is 1.57. The van der Waals surface area contributed by atoms with E-state index in [0.717, 1.165) is 53.3 Å². The summed E-state index contributed by atoms with van der Waals surface area (Å²) in [6.07, 6.45) is 12.1. The molecule has 2 aliphatic carbocycles. The molecule has 0 unspecified atom stereocenters. The average molecular weight is 660 g/mol. The van der Waals surface area contributed by atoms with Gasteiger partial charge in [-0.2, -0.15) is 0 Å². The minimum atomic E-state index is -0.817. The third kappa shape index (κ3) is 8.34. The number of nitrogens with one attached hydrogen (secondary N) is 2. The molecule has 3 fully saturated rings. The minimum absolute atomic E-state index is 0.0196. The first-order valence-corrected chi connectivity index (χ1v) is 18.4. The van der Waals surface area contributed by atoms with Gasteiger partial charge in [-0.3, -0.25) is 9.59 Å². The van der Waals surface area contributed by atoms with Crippen molar-refractivity contribution in [3.63, 3.8) is 0 Å². The molecule has 47 heavy (non-hydrogen) atoms. The highest BCUT2D eigenvalue weighted by molar-refractivity contribution is 7.09. The molecule has 4 N–H and O–H groups in total. The Bertz CT molecular complexity index is 1480. The number of amides is 3. The van der Waals surface area contributed by atoms with Gasteiger partial charge in [0.15, 0.2) is 0 Å². The van der Waals surface area contributed by atoms with Crippen LogP contribution in [0.1, 0.15) is 81.1 Å². The molecule has 3 aliphatic rings. The normalized spacial score (nSPS) is 20.2. The minimum Gasteiger partial charge on any atom is -0.410 e. The first-order valence-electron chi connectivity index (χ1n) is 17.5. The standard InChI is InChI=1S/C37H49N5O4S/c38-23-27-17-18-34(31-16-8-7-15-30(27)31)46-37(45)41-19-20-42(33(25-41)35(43)39-24-29-14-9-21-47-29)36(44)32(22-26-10-3-1-4-11-26)40-28-12-5-2-6-13-28/h7-9,14-18,21,26,28,32-33,40H,1-6,10-13,19-20,22-25,38H2,(H,39,43)/t32-,33+/m1/s1. The van der Waals surface area contributed by atoms with E-state index in [9.17, 15) is 14.4 Å². The zero-order valence-electron chi connectivity index (χ0n) is 27.3. The molecule has 2 aromatic carbocycles. The van der Waals surface area contributed by atoms with Gasteiger partial charge in [-0.15, -0.1) is 11.3 Å². The third-order valence-electron chi connectivity index (χ3n) is 10.3. The number of carbonyl (C=O) groups is 3. The molecule has 3 amide bonds. The fraction of sp³-hybridized carbons (Fsp3) is 0.541. The van der Waals surface area contributed by atoms with Crippen LogP contribution < -0.4 is 21.1 Å². The van der Waals surface area contributed by atoms with Gasteiger partial charge in [0, 0.05) is 35.9 Å². The van der Waals surface area contributed by atoms with Gasteiger partial charge in [-0.25, -0.2) is 4.79 Å². The third-order valence-corrected chi connectivity index (χ3v) is 11.1. The molecule has 10 heteroatoms. The fourth-order valence-electron chi connectivity index (χ4n) is 7.65. The first kappa shape index (κ1) is 33.4. The summed E-state index contributed by atoms with van der Waals surface area (Å²) in [5.41, 5.74) is 6.93. The van der Waals surface area contributed by atoms with Gasteiger partial charge in [-0.05, 0) is 53.6 Å². The molecule has 3 aromatic rings. The van der Waals surface area contributed by atoms with Crippen LogP contribution in [0.15, 0.2) is 53.9 Å². The van der Waals surface area contributed by atoms with Gasteiger partial charge in [0.1, 0.15) is 11.8 Å². The first-order chi connectivity index (χ1) is 23.0.